The monoisotopic (exact) mass is 268 g/mol. The van der Waals surface area contributed by atoms with Crippen LogP contribution >= 0.6 is 0 Å². The summed E-state index contributed by atoms with van der Waals surface area (Å²) in [7, 11) is 0. The van der Waals surface area contributed by atoms with Crippen LogP contribution in [-0.2, 0) is 4.79 Å². The first-order valence-electron chi connectivity index (χ1n) is 7.89. The number of carbonyl (C=O) groups excluding carboxylic acids is 1. The van der Waals surface area contributed by atoms with Crippen molar-refractivity contribution in [3.05, 3.63) is 0 Å². The largest absolute Gasteiger partial charge is 0.395 e. The van der Waals surface area contributed by atoms with Gasteiger partial charge in [0.25, 0.3) is 0 Å². The number of aliphatic hydroxyl groups excluding tert-OH is 1. The molecule has 0 aromatic heterocycles. The lowest BCUT2D eigenvalue weighted by molar-refractivity contribution is -0.138. The lowest BCUT2D eigenvalue weighted by Gasteiger charge is -2.39. The zero-order chi connectivity index (χ0) is 13.7. The third-order valence-electron chi connectivity index (χ3n) is 4.66. The van der Waals surface area contributed by atoms with Gasteiger partial charge in [-0.2, -0.15) is 0 Å². The lowest BCUT2D eigenvalue weighted by atomic mass is 10.00. The molecular formula is C15H28N2O2. The molecule has 1 amide bonds. The van der Waals surface area contributed by atoms with E-state index in [0.717, 1.165) is 45.3 Å². The minimum absolute atomic E-state index is 0.0736. The van der Waals surface area contributed by atoms with Gasteiger partial charge in [0.15, 0.2) is 0 Å². The summed E-state index contributed by atoms with van der Waals surface area (Å²) in [5.74, 6) is 0.266. The number of hydrogen-bond donors (Lipinski definition) is 1. The van der Waals surface area contributed by atoms with Gasteiger partial charge >= 0.3 is 0 Å². The zero-order valence-corrected chi connectivity index (χ0v) is 12.2. The predicted octanol–water partition coefficient (Wildman–Crippen LogP) is 1.62. The molecule has 0 spiro atoms. The highest BCUT2D eigenvalue weighted by Gasteiger charge is 2.32. The van der Waals surface area contributed by atoms with Gasteiger partial charge in [0, 0.05) is 19.1 Å². The first-order valence-corrected chi connectivity index (χ1v) is 7.89. The molecule has 110 valence electrons. The number of amides is 1. The molecule has 0 radical (unpaired) electrons. The maximum absolute atomic E-state index is 12.6. The Balaban J connectivity index is 1.96. The summed E-state index contributed by atoms with van der Waals surface area (Å²) in [6.45, 7) is 4.98. The van der Waals surface area contributed by atoms with Crippen molar-refractivity contribution < 1.29 is 9.90 Å². The Kier molecular flexibility index (Phi) is 5.64. The predicted molar refractivity (Wildman–Crippen MR) is 75.9 cm³/mol. The Bertz CT molecular complexity index is 288. The highest BCUT2D eigenvalue weighted by atomic mass is 16.3. The van der Waals surface area contributed by atoms with Crippen LogP contribution < -0.4 is 0 Å². The SMILES string of the molecule is CC(C(=O)N1CCCCCC1)N1CCCCC1CO. The standard InChI is InChI=1S/C15H28N2O2/c1-13(17-11-7-4-8-14(17)12-18)15(19)16-9-5-2-3-6-10-16/h13-14,18H,2-12H2,1H3. The average molecular weight is 268 g/mol. The molecule has 0 saturated carbocycles. The minimum Gasteiger partial charge on any atom is -0.395 e. The zero-order valence-electron chi connectivity index (χ0n) is 12.2. The molecule has 2 saturated heterocycles. The number of piperidine rings is 1. The maximum Gasteiger partial charge on any atom is 0.239 e. The van der Waals surface area contributed by atoms with Crippen molar-refractivity contribution >= 4 is 5.91 Å². The van der Waals surface area contributed by atoms with E-state index < -0.39 is 0 Å². The van der Waals surface area contributed by atoms with Crippen molar-refractivity contribution in [1.29, 1.82) is 0 Å². The molecule has 2 atom stereocenters. The molecule has 0 aliphatic carbocycles. The van der Waals surface area contributed by atoms with E-state index in [9.17, 15) is 9.90 Å². The minimum atomic E-state index is -0.0736. The van der Waals surface area contributed by atoms with E-state index in [2.05, 4.69) is 4.90 Å². The summed E-state index contributed by atoms with van der Waals surface area (Å²) < 4.78 is 0. The molecule has 2 aliphatic heterocycles. The van der Waals surface area contributed by atoms with Gasteiger partial charge in [-0.25, -0.2) is 0 Å². The molecule has 2 fully saturated rings. The van der Waals surface area contributed by atoms with Crippen molar-refractivity contribution in [3.8, 4) is 0 Å². The van der Waals surface area contributed by atoms with Gasteiger partial charge in [0.2, 0.25) is 5.91 Å². The number of carbonyl (C=O) groups is 1. The van der Waals surface area contributed by atoms with Crippen LogP contribution in [0.25, 0.3) is 0 Å². The fourth-order valence-electron chi connectivity index (χ4n) is 3.43. The number of likely N-dealkylation sites (tertiary alicyclic amines) is 2. The summed E-state index contributed by atoms with van der Waals surface area (Å²) >= 11 is 0. The Hall–Kier alpha value is -0.610. The van der Waals surface area contributed by atoms with Crippen molar-refractivity contribution in [3.63, 3.8) is 0 Å². The molecule has 2 unspecified atom stereocenters. The van der Waals surface area contributed by atoms with E-state index >= 15 is 0 Å². The highest BCUT2D eigenvalue weighted by molar-refractivity contribution is 5.81. The second-order valence-electron chi connectivity index (χ2n) is 5.99. The number of nitrogens with zero attached hydrogens (tertiary/aromatic N) is 2. The summed E-state index contributed by atoms with van der Waals surface area (Å²) in [6, 6.07) is 0.107. The van der Waals surface area contributed by atoms with Gasteiger partial charge in [-0.05, 0) is 39.2 Å². The van der Waals surface area contributed by atoms with Gasteiger partial charge in [0.05, 0.1) is 12.6 Å². The topological polar surface area (TPSA) is 43.8 Å². The molecular weight excluding hydrogens is 240 g/mol. The summed E-state index contributed by atoms with van der Waals surface area (Å²) in [6.07, 6.45) is 8.13. The fourth-order valence-corrected chi connectivity index (χ4v) is 3.43. The van der Waals surface area contributed by atoms with Gasteiger partial charge < -0.3 is 10.0 Å². The van der Waals surface area contributed by atoms with Crippen LogP contribution in [0.1, 0.15) is 51.9 Å². The second-order valence-corrected chi connectivity index (χ2v) is 5.99. The van der Waals surface area contributed by atoms with Crippen LogP contribution in [0.4, 0.5) is 0 Å². The Morgan fingerprint density at radius 1 is 1.11 bits per heavy atom. The number of hydrogen-bond acceptors (Lipinski definition) is 3. The molecule has 0 bridgehead atoms. The molecule has 0 aromatic carbocycles. The van der Waals surface area contributed by atoms with E-state index in [1.807, 2.05) is 11.8 Å². The molecule has 1 N–H and O–H groups in total. The first kappa shape index (κ1) is 14.8. The van der Waals surface area contributed by atoms with Crippen LogP contribution in [-0.4, -0.2) is 59.1 Å². The maximum atomic E-state index is 12.6. The van der Waals surface area contributed by atoms with Crippen LogP contribution in [0.2, 0.25) is 0 Å². The van der Waals surface area contributed by atoms with Crippen molar-refractivity contribution in [1.82, 2.24) is 9.80 Å². The first-order chi connectivity index (χ1) is 9.24. The van der Waals surface area contributed by atoms with Crippen molar-refractivity contribution in [2.75, 3.05) is 26.2 Å². The Morgan fingerprint density at radius 3 is 2.37 bits per heavy atom. The second kappa shape index (κ2) is 7.25. The van der Waals surface area contributed by atoms with Crippen LogP contribution in [0.5, 0.6) is 0 Å². The van der Waals surface area contributed by atoms with E-state index in [1.54, 1.807) is 0 Å². The van der Waals surface area contributed by atoms with E-state index in [1.165, 1.54) is 19.3 Å². The molecule has 19 heavy (non-hydrogen) atoms. The van der Waals surface area contributed by atoms with E-state index in [-0.39, 0.29) is 24.6 Å². The third kappa shape index (κ3) is 3.69. The van der Waals surface area contributed by atoms with Crippen LogP contribution in [0.15, 0.2) is 0 Å². The quantitative estimate of drug-likeness (QED) is 0.846. The number of rotatable bonds is 3. The molecule has 2 aliphatic rings. The molecule has 4 nitrogen and oxygen atoms in total. The summed E-state index contributed by atoms with van der Waals surface area (Å²) in [5, 5.41) is 9.48. The molecule has 4 heteroatoms. The van der Waals surface area contributed by atoms with Crippen LogP contribution in [0, 0.1) is 0 Å². The van der Waals surface area contributed by atoms with Gasteiger partial charge in [-0.15, -0.1) is 0 Å². The molecule has 2 heterocycles. The Morgan fingerprint density at radius 2 is 1.74 bits per heavy atom. The van der Waals surface area contributed by atoms with Gasteiger partial charge in [-0.1, -0.05) is 19.3 Å². The smallest absolute Gasteiger partial charge is 0.239 e. The van der Waals surface area contributed by atoms with Gasteiger partial charge in [0.1, 0.15) is 0 Å². The van der Waals surface area contributed by atoms with Crippen molar-refractivity contribution in [2.45, 2.75) is 64.0 Å². The van der Waals surface area contributed by atoms with E-state index in [0.29, 0.717) is 0 Å². The molecule has 0 aromatic rings. The lowest BCUT2D eigenvalue weighted by Crippen LogP contribution is -2.53. The molecule has 2 rings (SSSR count). The normalized spacial score (nSPS) is 27.9. The van der Waals surface area contributed by atoms with Crippen LogP contribution in [0.3, 0.4) is 0 Å². The summed E-state index contributed by atoms with van der Waals surface area (Å²) in [4.78, 5) is 16.9. The fraction of sp³-hybridized carbons (Fsp3) is 0.933. The van der Waals surface area contributed by atoms with Gasteiger partial charge in [-0.3, -0.25) is 9.69 Å². The van der Waals surface area contributed by atoms with E-state index in [4.69, 9.17) is 0 Å². The Labute approximate surface area is 116 Å². The average Bonchev–Trinajstić information content (AvgIpc) is 2.74. The van der Waals surface area contributed by atoms with Crippen molar-refractivity contribution in [2.24, 2.45) is 0 Å². The number of aliphatic hydroxyl groups is 1. The summed E-state index contributed by atoms with van der Waals surface area (Å²) in [5.41, 5.74) is 0. The highest BCUT2D eigenvalue weighted by Crippen LogP contribution is 2.21. The third-order valence-corrected chi connectivity index (χ3v) is 4.66.